The molecule has 0 aliphatic rings. The Kier molecular flexibility index (Phi) is 7.60. The maximum Gasteiger partial charge on any atom is 0.251 e. The molecule has 144 valence electrons. The fourth-order valence-corrected chi connectivity index (χ4v) is 3.15. The van der Waals surface area contributed by atoms with Crippen LogP contribution in [-0.2, 0) is 4.79 Å². The first-order valence-electron chi connectivity index (χ1n) is 9.26. The number of rotatable bonds is 7. The van der Waals surface area contributed by atoms with Gasteiger partial charge in [-0.25, -0.2) is 0 Å². The highest BCUT2D eigenvalue weighted by Gasteiger charge is 2.16. The Morgan fingerprint density at radius 1 is 0.926 bits per heavy atom. The lowest BCUT2D eigenvalue weighted by Crippen LogP contribution is -2.28. The van der Waals surface area contributed by atoms with E-state index < -0.39 is 0 Å². The van der Waals surface area contributed by atoms with Gasteiger partial charge in [-0.2, -0.15) is 0 Å². The maximum atomic E-state index is 12.5. The number of halogens is 1. The van der Waals surface area contributed by atoms with Crippen molar-refractivity contribution in [1.82, 2.24) is 5.32 Å². The molecule has 0 bridgehead atoms. The van der Waals surface area contributed by atoms with Crippen LogP contribution in [0.3, 0.4) is 0 Å². The van der Waals surface area contributed by atoms with Gasteiger partial charge in [0.05, 0.1) is 0 Å². The number of carbonyl (C=O) groups excluding carboxylic acids is 2. The molecule has 0 saturated carbocycles. The second-order valence-electron chi connectivity index (χ2n) is 7.18. The zero-order chi connectivity index (χ0) is 20.0. The summed E-state index contributed by atoms with van der Waals surface area (Å²) in [5.41, 5.74) is 3.75. The minimum Gasteiger partial charge on any atom is -0.352 e. The molecule has 5 heteroatoms. The summed E-state index contributed by atoms with van der Waals surface area (Å²) in [7, 11) is 0. The normalized spacial score (nSPS) is 10.9. The molecular formula is C22H27BrN2O2. The van der Waals surface area contributed by atoms with E-state index in [0.717, 1.165) is 21.3 Å². The number of hydrogen-bond acceptors (Lipinski definition) is 2. The highest BCUT2D eigenvalue weighted by Crippen LogP contribution is 2.32. The first kappa shape index (κ1) is 21.2. The minimum atomic E-state index is -0.180. The molecule has 2 N–H and O–H groups in total. The molecule has 27 heavy (non-hydrogen) atoms. The average Bonchev–Trinajstić information content (AvgIpc) is 2.61. The molecule has 0 aromatic heterocycles. The third-order valence-corrected chi connectivity index (χ3v) is 4.91. The fraction of sp³-hybridized carbons (Fsp3) is 0.364. The van der Waals surface area contributed by atoms with Gasteiger partial charge < -0.3 is 10.6 Å². The summed E-state index contributed by atoms with van der Waals surface area (Å²) in [5.74, 6) is 0.356. The van der Waals surface area contributed by atoms with Crippen LogP contribution in [0.25, 0.3) is 0 Å². The fourth-order valence-electron chi connectivity index (χ4n) is 2.89. The lowest BCUT2D eigenvalue weighted by Gasteiger charge is -2.20. The standard InChI is InChI=1S/C22H27BrN2O2/c1-14(2)18-6-5-7-19(15(3)4)21(18)25-20(26)12-13-24-22(27)16-8-10-17(23)11-9-16/h5-11,14-15H,12-13H2,1-4H3,(H,24,27)(H,25,26). The molecule has 0 unspecified atom stereocenters. The summed E-state index contributed by atoms with van der Waals surface area (Å²) < 4.78 is 0.920. The molecule has 0 radical (unpaired) electrons. The predicted octanol–water partition coefficient (Wildman–Crippen LogP) is 5.45. The first-order valence-corrected chi connectivity index (χ1v) is 10.0. The van der Waals surface area contributed by atoms with Crippen LogP contribution in [0.1, 0.15) is 67.4 Å². The predicted molar refractivity (Wildman–Crippen MR) is 114 cm³/mol. The minimum absolute atomic E-state index is 0.0962. The van der Waals surface area contributed by atoms with Crippen molar-refractivity contribution < 1.29 is 9.59 Å². The van der Waals surface area contributed by atoms with Crippen molar-refractivity contribution in [3.8, 4) is 0 Å². The quantitative estimate of drug-likeness (QED) is 0.612. The van der Waals surface area contributed by atoms with E-state index in [0.29, 0.717) is 23.9 Å². The smallest absolute Gasteiger partial charge is 0.251 e. The van der Waals surface area contributed by atoms with Crippen LogP contribution in [0.2, 0.25) is 0 Å². The van der Waals surface area contributed by atoms with Crippen molar-refractivity contribution in [3.63, 3.8) is 0 Å². The molecule has 0 aliphatic heterocycles. The summed E-state index contributed by atoms with van der Waals surface area (Å²) in [5, 5.41) is 5.86. The Hall–Kier alpha value is -2.14. The average molecular weight is 431 g/mol. The highest BCUT2D eigenvalue weighted by atomic mass is 79.9. The van der Waals surface area contributed by atoms with E-state index in [4.69, 9.17) is 0 Å². The highest BCUT2D eigenvalue weighted by molar-refractivity contribution is 9.10. The van der Waals surface area contributed by atoms with E-state index in [-0.39, 0.29) is 18.2 Å². The van der Waals surface area contributed by atoms with Gasteiger partial charge in [0, 0.05) is 28.7 Å². The van der Waals surface area contributed by atoms with Crippen molar-refractivity contribution in [2.24, 2.45) is 0 Å². The van der Waals surface area contributed by atoms with Gasteiger partial charge in [-0.1, -0.05) is 61.8 Å². The summed E-state index contributed by atoms with van der Waals surface area (Å²) >= 11 is 3.34. The van der Waals surface area contributed by atoms with Gasteiger partial charge in [-0.15, -0.1) is 0 Å². The Morgan fingerprint density at radius 3 is 2.00 bits per heavy atom. The second kappa shape index (κ2) is 9.70. The third-order valence-electron chi connectivity index (χ3n) is 4.38. The van der Waals surface area contributed by atoms with Crippen LogP contribution < -0.4 is 10.6 Å². The summed E-state index contributed by atoms with van der Waals surface area (Å²) in [4.78, 5) is 24.6. The van der Waals surface area contributed by atoms with E-state index in [1.54, 1.807) is 12.1 Å². The number of nitrogens with one attached hydrogen (secondary N) is 2. The summed E-state index contributed by atoms with van der Waals surface area (Å²) in [6, 6.07) is 13.3. The first-order chi connectivity index (χ1) is 12.8. The zero-order valence-corrected chi connectivity index (χ0v) is 17.9. The van der Waals surface area contributed by atoms with Crippen molar-refractivity contribution in [3.05, 3.63) is 63.6 Å². The Labute approximate surface area is 169 Å². The number of amides is 2. The molecule has 0 heterocycles. The zero-order valence-electron chi connectivity index (χ0n) is 16.3. The molecule has 2 aromatic carbocycles. The van der Waals surface area contributed by atoms with Crippen molar-refractivity contribution in [1.29, 1.82) is 0 Å². The van der Waals surface area contributed by atoms with Crippen LogP contribution in [0.4, 0.5) is 5.69 Å². The molecule has 2 rings (SSSR count). The van der Waals surface area contributed by atoms with Crippen LogP contribution in [0.15, 0.2) is 46.9 Å². The Morgan fingerprint density at radius 2 is 1.48 bits per heavy atom. The van der Waals surface area contributed by atoms with Gasteiger partial charge in [-0.3, -0.25) is 9.59 Å². The van der Waals surface area contributed by atoms with E-state index in [1.807, 2.05) is 18.2 Å². The Balaban J connectivity index is 1.98. The molecule has 2 aromatic rings. The lowest BCUT2D eigenvalue weighted by molar-refractivity contribution is -0.116. The molecule has 4 nitrogen and oxygen atoms in total. The second-order valence-corrected chi connectivity index (χ2v) is 8.10. The maximum absolute atomic E-state index is 12.5. The van der Waals surface area contributed by atoms with E-state index in [2.05, 4.69) is 66.4 Å². The van der Waals surface area contributed by atoms with Crippen molar-refractivity contribution >= 4 is 33.4 Å². The number of benzene rings is 2. The number of carbonyl (C=O) groups is 2. The van der Waals surface area contributed by atoms with E-state index in [9.17, 15) is 9.59 Å². The van der Waals surface area contributed by atoms with Gasteiger partial charge >= 0.3 is 0 Å². The van der Waals surface area contributed by atoms with Gasteiger partial charge in [0.1, 0.15) is 0 Å². The van der Waals surface area contributed by atoms with Gasteiger partial charge in [-0.05, 0) is 47.2 Å². The molecule has 0 spiro atoms. The number of hydrogen-bond donors (Lipinski definition) is 2. The van der Waals surface area contributed by atoms with Crippen LogP contribution in [0, 0.1) is 0 Å². The molecule has 0 fully saturated rings. The number of para-hydroxylation sites is 1. The Bertz CT molecular complexity index is 772. The molecular weight excluding hydrogens is 404 g/mol. The summed E-state index contributed by atoms with van der Waals surface area (Å²) in [6.07, 6.45) is 0.228. The number of anilines is 1. The topological polar surface area (TPSA) is 58.2 Å². The van der Waals surface area contributed by atoms with E-state index >= 15 is 0 Å². The van der Waals surface area contributed by atoms with E-state index in [1.165, 1.54) is 0 Å². The molecule has 0 saturated heterocycles. The molecule has 0 aliphatic carbocycles. The molecule has 0 atom stereocenters. The monoisotopic (exact) mass is 430 g/mol. The SMILES string of the molecule is CC(C)c1cccc(C(C)C)c1NC(=O)CCNC(=O)c1ccc(Br)cc1. The van der Waals surface area contributed by atoms with Crippen molar-refractivity contribution in [2.45, 2.75) is 46.0 Å². The van der Waals surface area contributed by atoms with Gasteiger partial charge in [0.15, 0.2) is 0 Å². The lowest BCUT2D eigenvalue weighted by atomic mass is 9.92. The largest absolute Gasteiger partial charge is 0.352 e. The van der Waals surface area contributed by atoms with Crippen LogP contribution in [0.5, 0.6) is 0 Å². The van der Waals surface area contributed by atoms with Crippen LogP contribution >= 0.6 is 15.9 Å². The summed E-state index contributed by atoms with van der Waals surface area (Å²) in [6.45, 7) is 8.77. The molecule has 2 amide bonds. The van der Waals surface area contributed by atoms with Gasteiger partial charge in [0.2, 0.25) is 5.91 Å². The van der Waals surface area contributed by atoms with Crippen molar-refractivity contribution in [2.75, 3.05) is 11.9 Å². The van der Waals surface area contributed by atoms with Crippen LogP contribution in [-0.4, -0.2) is 18.4 Å². The third kappa shape index (κ3) is 5.93. The van der Waals surface area contributed by atoms with Gasteiger partial charge in [0.25, 0.3) is 5.91 Å².